The molecule has 2 unspecified atom stereocenters. The summed E-state index contributed by atoms with van der Waals surface area (Å²) in [5.41, 5.74) is 1.17. The number of piperidine rings is 1. The second-order valence-electron chi connectivity index (χ2n) is 7.47. The minimum atomic E-state index is -0.105. The number of aryl methyl sites for hydroxylation is 2. The predicted molar refractivity (Wildman–Crippen MR) is 108 cm³/mol. The minimum Gasteiger partial charge on any atom is -0.338 e. The monoisotopic (exact) mass is 403 g/mol. The van der Waals surface area contributed by atoms with Gasteiger partial charge in [0, 0.05) is 20.1 Å². The van der Waals surface area contributed by atoms with Crippen LogP contribution >= 0.6 is 22.7 Å². The van der Waals surface area contributed by atoms with E-state index in [9.17, 15) is 9.59 Å². The molecule has 144 valence electrons. The van der Waals surface area contributed by atoms with Crippen LogP contribution in [-0.2, 0) is 11.2 Å². The van der Waals surface area contributed by atoms with Crippen LogP contribution in [0.15, 0.2) is 17.5 Å². The number of hydrogen-bond acceptors (Lipinski definition) is 5. The highest BCUT2D eigenvalue weighted by molar-refractivity contribution is 7.12. The molecule has 2 aliphatic rings. The topological polar surface area (TPSA) is 53.5 Å². The summed E-state index contributed by atoms with van der Waals surface area (Å²) in [6.45, 7) is 3.31. The summed E-state index contributed by atoms with van der Waals surface area (Å²) >= 11 is 3.19. The maximum Gasteiger partial charge on any atom is 0.263 e. The second-order valence-corrected chi connectivity index (χ2v) is 9.65. The van der Waals surface area contributed by atoms with Gasteiger partial charge >= 0.3 is 0 Å². The maximum absolute atomic E-state index is 13.2. The minimum absolute atomic E-state index is 0.0585. The Hall–Kier alpha value is -1.73. The van der Waals surface area contributed by atoms with E-state index in [4.69, 9.17) is 0 Å². The Morgan fingerprint density at radius 3 is 2.93 bits per heavy atom. The summed E-state index contributed by atoms with van der Waals surface area (Å²) in [6.07, 6.45) is 4.84. The molecule has 1 aliphatic heterocycles. The first-order valence-corrected chi connectivity index (χ1v) is 11.3. The summed E-state index contributed by atoms with van der Waals surface area (Å²) in [6, 6.07) is 3.90. The number of hydrogen-bond donors (Lipinski definition) is 0. The van der Waals surface area contributed by atoms with E-state index in [1.54, 1.807) is 11.3 Å². The van der Waals surface area contributed by atoms with Crippen molar-refractivity contribution in [2.45, 2.75) is 45.1 Å². The molecule has 2 aromatic rings. The summed E-state index contributed by atoms with van der Waals surface area (Å²) < 4.78 is 0. The van der Waals surface area contributed by atoms with E-state index in [2.05, 4.69) is 4.98 Å². The third-order valence-electron chi connectivity index (χ3n) is 5.63. The highest BCUT2D eigenvalue weighted by atomic mass is 32.1. The van der Waals surface area contributed by atoms with Gasteiger partial charge in [-0.2, -0.15) is 0 Å². The Morgan fingerprint density at radius 2 is 2.15 bits per heavy atom. The summed E-state index contributed by atoms with van der Waals surface area (Å²) in [5, 5.41) is 3.00. The Bertz CT molecular complexity index is 830. The summed E-state index contributed by atoms with van der Waals surface area (Å²) in [5.74, 6) is 0.123. The predicted octanol–water partition coefficient (Wildman–Crippen LogP) is 3.90. The van der Waals surface area contributed by atoms with Crippen molar-refractivity contribution in [3.8, 4) is 0 Å². The van der Waals surface area contributed by atoms with E-state index in [1.807, 2.05) is 41.3 Å². The van der Waals surface area contributed by atoms with Gasteiger partial charge in [0.25, 0.3) is 5.91 Å². The highest BCUT2D eigenvalue weighted by Gasteiger charge is 2.35. The molecule has 7 heteroatoms. The molecule has 5 nitrogen and oxygen atoms in total. The third-order valence-corrected chi connectivity index (χ3v) is 7.61. The standard InChI is InChI=1S/C20H25N3O2S2/c1-13-21-15-7-3-8-16(18(15)27-13)22(2)19(24)14-6-4-10-23(12-14)20(25)17-9-5-11-26-17/h5,9,11,14,16H,3-4,6-8,10,12H2,1-2H3. The van der Waals surface area contributed by atoms with Crippen molar-refractivity contribution in [2.75, 3.05) is 20.1 Å². The van der Waals surface area contributed by atoms with Crippen LogP contribution < -0.4 is 0 Å². The number of rotatable bonds is 3. The van der Waals surface area contributed by atoms with Crippen LogP contribution in [0.25, 0.3) is 0 Å². The zero-order chi connectivity index (χ0) is 19.0. The van der Waals surface area contributed by atoms with E-state index in [0.717, 1.165) is 48.5 Å². The van der Waals surface area contributed by atoms with Crippen LogP contribution in [0.3, 0.4) is 0 Å². The van der Waals surface area contributed by atoms with Gasteiger partial charge in [-0.25, -0.2) is 4.98 Å². The van der Waals surface area contributed by atoms with Crippen LogP contribution in [0, 0.1) is 12.8 Å². The van der Waals surface area contributed by atoms with Gasteiger partial charge in [0.05, 0.1) is 32.4 Å². The first kappa shape index (κ1) is 18.6. The first-order valence-electron chi connectivity index (χ1n) is 9.60. The molecule has 1 saturated heterocycles. The molecule has 2 aromatic heterocycles. The van der Waals surface area contributed by atoms with Gasteiger partial charge < -0.3 is 9.80 Å². The van der Waals surface area contributed by atoms with Gasteiger partial charge in [-0.3, -0.25) is 9.59 Å². The summed E-state index contributed by atoms with van der Waals surface area (Å²) in [7, 11) is 1.93. The van der Waals surface area contributed by atoms with E-state index in [-0.39, 0.29) is 23.8 Å². The Kier molecular flexibility index (Phi) is 5.32. The van der Waals surface area contributed by atoms with E-state index < -0.39 is 0 Å². The maximum atomic E-state index is 13.2. The molecule has 0 saturated carbocycles. The molecule has 1 fully saturated rings. The highest BCUT2D eigenvalue weighted by Crippen LogP contribution is 2.38. The van der Waals surface area contributed by atoms with Crippen molar-refractivity contribution in [1.82, 2.24) is 14.8 Å². The smallest absolute Gasteiger partial charge is 0.263 e. The van der Waals surface area contributed by atoms with Crippen molar-refractivity contribution < 1.29 is 9.59 Å². The zero-order valence-corrected chi connectivity index (χ0v) is 17.4. The number of amides is 2. The molecular formula is C20H25N3O2S2. The quantitative estimate of drug-likeness (QED) is 0.781. The Morgan fingerprint density at radius 1 is 1.30 bits per heavy atom. The average Bonchev–Trinajstić information content (AvgIpc) is 3.34. The molecule has 0 N–H and O–H groups in total. The van der Waals surface area contributed by atoms with Gasteiger partial charge in [-0.05, 0) is 50.5 Å². The van der Waals surface area contributed by atoms with E-state index in [0.29, 0.717) is 6.54 Å². The number of thiophene rings is 1. The van der Waals surface area contributed by atoms with E-state index >= 15 is 0 Å². The molecule has 27 heavy (non-hydrogen) atoms. The number of aromatic nitrogens is 1. The lowest BCUT2D eigenvalue weighted by Crippen LogP contribution is -2.46. The van der Waals surface area contributed by atoms with Crippen molar-refractivity contribution in [1.29, 1.82) is 0 Å². The number of fused-ring (bicyclic) bond motifs is 1. The molecule has 0 spiro atoms. The molecule has 0 radical (unpaired) electrons. The number of carbonyl (C=O) groups excluding carboxylic acids is 2. The van der Waals surface area contributed by atoms with Crippen molar-refractivity contribution in [2.24, 2.45) is 5.92 Å². The fraction of sp³-hybridized carbons (Fsp3) is 0.550. The van der Waals surface area contributed by atoms with Gasteiger partial charge in [0.15, 0.2) is 0 Å². The molecule has 2 amide bonds. The number of thiazole rings is 1. The fourth-order valence-corrected chi connectivity index (χ4v) is 6.09. The number of nitrogens with zero attached hydrogens (tertiary/aromatic N) is 3. The zero-order valence-electron chi connectivity index (χ0n) is 15.8. The van der Waals surface area contributed by atoms with Crippen LogP contribution in [0.2, 0.25) is 0 Å². The lowest BCUT2D eigenvalue weighted by molar-refractivity contribution is -0.138. The largest absolute Gasteiger partial charge is 0.338 e. The first-order chi connectivity index (χ1) is 13.0. The molecule has 1 aliphatic carbocycles. The van der Waals surface area contributed by atoms with Crippen molar-refractivity contribution in [3.05, 3.63) is 38.0 Å². The van der Waals surface area contributed by atoms with Crippen LogP contribution in [0.5, 0.6) is 0 Å². The van der Waals surface area contributed by atoms with Crippen LogP contribution in [0.1, 0.15) is 57.0 Å². The number of carbonyl (C=O) groups is 2. The Balaban J connectivity index is 1.47. The average molecular weight is 404 g/mol. The SMILES string of the molecule is Cc1nc2c(s1)C(N(C)C(=O)C1CCCN(C(=O)c3cccs3)C1)CCC2. The normalized spacial score (nSPS) is 22.4. The third kappa shape index (κ3) is 3.67. The van der Waals surface area contributed by atoms with Gasteiger partial charge in [-0.15, -0.1) is 22.7 Å². The second kappa shape index (κ2) is 7.72. The van der Waals surface area contributed by atoms with Crippen molar-refractivity contribution >= 4 is 34.5 Å². The Labute approximate surface area is 168 Å². The molecule has 3 heterocycles. The molecule has 0 bridgehead atoms. The molecular weight excluding hydrogens is 378 g/mol. The molecule has 0 aromatic carbocycles. The fourth-order valence-electron chi connectivity index (χ4n) is 4.25. The lowest BCUT2D eigenvalue weighted by Gasteiger charge is -2.37. The van der Waals surface area contributed by atoms with E-state index in [1.165, 1.54) is 21.9 Å². The lowest BCUT2D eigenvalue weighted by atomic mass is 9.93. The summed E-state index contributed by atoms with van der Waals surface area (Å²) in [4.78, 5) is 36.4. The van der Waals surface area contributed by atoms with Crippen molar-refractivity contribution in [3.63, 3.8) is 0 Å². The molecule has 4 rings (SSSR count). The van der Waals surface area contributed by atoms with Gasteiger partial charge in [0.1, 0.15) is 0 Å². The van der Waals surface area contributed by atoms with Crippen LogP contribution in [0.4, 0.5) is 0 Å². The number of likely N-dealkylation sites (tertiary alicyclic amines) is 1. The van der Waals surface area contributed by atoms with Gasteiger partial charge in [0.2, 0.25) is 5.91 Å². The van der Waals surface area contributed by atoms with Crippen LogP contribution in [-0.4, -0.2) is 46.7 Å². The molecule has 2 atom stereocenters. The van der Waals surface area contributed by atoms with Gasteiger partial charge in [-0.1, -0.05) is 6.07 Å².